The molecule has 2 aromatic carbocycles. The zero-order valence-corrected chi connectivity index (χ0v) is 15.3. The number of hydrogen-bond donors (Lipinski definition) is 1. The fourth-order valence-electron chi connectivity index (χ4n) is 4.68. The number of hydrogen-bond acceptors (Lipinski definition) is 3. The Morgan fingerprint density at radius 3 is 2.61 bits per heavy atom. The third-order valence-electron chi connectivity index (χ3n) is 6.07. The van der Waals surface area contributed by atoms with Gasteiger partial charge in [0.1, 0.15) is 17.2 Å². The van der Waals surface area contributed by atoms with Gasteiger partial charge in [-0.1, -0.05) is 18.2 Å². The van der Waals surface area contributed by atoms with Crippen molar-refractivity contribution in [3.05, 3.63) is 54.3 Å². The molecule has 6 heteroatoms. The number of benzene rings is 2. The molecule has 3 saturated heterocycles. The van der Waals surface area contributed by atoms with Gasteiger partial charge in [0.15, 0.2) is 0 Å². The highest BCUT2D eigenvalue weighted by molar-refractivity contribution is 5.94. The first-order chi connectivity index (χ1) is 13.6. The number of carbonyl (C=O) groups is 1. The molecule has 3 aromatic rings. The maximum Gasteiger partial charge on any atom is 0.412 e. The molecule has 0 spiro atoms. The van der Waals surface area contributed by atoms with Crippen molar-refractivity contribution in [2.24, 2.45) is 5.92 Å². The lowest BCUT2D eigenvalue weighted by Gasteiger charge is -2.48. The van der Waals surface area contributed by atoms with E-state index in [-0.39, 0.29) is 6.04 Å². The second-order valence-corrected chi connectivity index (χ2v) is 7.67. The van der Waals surface area contributed by atoms with Crippen LogP contribution in [0.5, 0.6) is 0 Å². The Hall–Kier alpha value is -2.86. The molecule has 0 radical (unpaired) electrons. The molecule has 1 amide bonds. The molecule has 0 unspecified atom stereocenters. The third-order valence-corrected chi connectivity index (χ3v) is 6.07. The molecular weight excluding hydrogens is 359 g/mol. The normalized spacial score (nSPS) is 23.8. The van der Waals surface area contributed by atoms with Gasteiger partial charge in [-0.2, -0.15) is 0 Å². The van der Waals surface area contributed by atoms with Crippen LogP contribution in [0.1, 0.15) is 12.8 Å². The Kier molecular flexibility index (Phi) is 4.09. The van der Waals surface area contributed by atoms with Crippen molar-refractivity contribution in [1.29, 1.82) is 0 Å². The Bertz CT molecular complexity index is 1010. The van der Waals surface area contributed by atoms with E-state index in [2.05, 4.69) is 4.90 Å². The van der Waals surface area contributed by atoms with Crippen LogP contribution >= 0.6 is 0 Å². The summed E-state index contributed by atoms with van der Waals surface area (Å²) in [6.45, 7) is 2.76. The Morgan fingerprint density at radius 1 is 1.14 bits per heavy atom. The van der Waals surface area contributed by atoms with E-state index in [1.54, 1.807) is 6.07 Å². The molecule has 2 bridgehead atoms. The minimum atomic E-state index is -1.01. The molecule has 3 aliphatic rings. The van der Waals surface area contributed by atoms with Crippen molar-refractivity contribution in [1.82, 2.24) is 4.90 Å². The molecule has 0 aliphatic carbocycles. The average Bonchev–Trinajstić information content (AvgIpc) is 3.14. The second kappa shape index (κ2) is 6.63. The van der Waals surface area contributed by atoms with Crippen LogP contribution in [0.15, 0.2) is 52.9 Å². The molecule has 3 aliphatic heterocycles. The molecule has 0 saturated carbocycles. The number of carboxylic acid groups (broad SMARTS) is 1. The summed E-state index contributed by atoms with van der Waals surface area (Å²) >= 11 is 0. The largest absolute Gasteiger partial charge is 0.465 e. The number of rotatable bonds is 3. The van der Waals surface area contributed by atoms with Crippen LogP contribution < -0.4 is 4.90 Å². The second-order valence-electron chi connectivity index (χ2n) is 7.67. The summed E-state index contributed by atoms with van der Waals surface area (Å²) in [6, 6.07) is 13.5. The molecule has 6 rings (SSSR count). The van der Waals surface area contributed by atoms with Crippen molar-refractivity contribution in [3.63, 3.8) is 0 Å². The number of fused-ring (bicyclic) bond motifs is 4. The summed E-state index contributed by atoms with van der Waals surface area (Å²) in [6.07, 6.45) is 0.980. The summed E-state index contributed by atoms with van der Waals surface area (Å²) in [5.41, 5.74) is 1.64. The van der Waals surface area contributed by atoms with E-state index >= 15 is 0 Å². The molecule has 4 heterocycles. The van der Waals surface area contributed by atoms with Gasteiger partial charge in [0.05, 0.1) is 11.7 Å². The number of piperidine rings is 3. The van der Waals surface area contributed by atoms with E-state index in [4.69, 9.17) is 4.42 Å². The number of para-hydroxylation sites is 1. The fourth-order valence-corrected chi connectivity index (χ4v) is 4.68. The van der Waals surface area contributed by atoms with E-state index in [0.29, 0.717) is 35.1 Å². The monoisotopic (exact) mass is 380 g/mol. The zero-order valence-electron chi connectivity index (χ0n) is 15.3. The predicted octanol–water partition coefficient (Wildman–Crippen LogP) is 4.82. The summed E-state index contributed by atoms with van der Waals surface area (Å²) in [5, 5.41) is 11.0. The van der Waals surface area contributed by atoms with Gasteiger partial charge in [0.25, 0.3) is 0 Å². The summed E-state index contributed by atoms with van der Waals surface area (Å²) < 4.78 is 20.1. The lowest BCUT2D eigenvalue weighted by Crippen LogP contribution is -2.58. The van der Waals surface area contributed by atoms with Crippen molar-refractivity contribution in [3.8, 4) is 11.3 Å². The minimum absolute atomic E-state index is 0.131. The van der Waals surface area contributed by atoms with Crippen LogP contribution in [-0.2, 0) is 0 Å². The van der Waals surface area contributed by atoms with Crippen molar-refractivity contribution in [2.75, 3.05) is 24.5 Å². The van der Waals surface area contributed by atoms with Gasteiger partial charge < -0.3 is 14.4 Å². The molecule has 1 aromatic heterocycles. The first-order valence-electron chi connectivity index (χ1n) is 9.63. The highest BCUT2D eigenvalue weighted by Gasteiger charge is 2.41. The first kappa shape index (κ1) is 17.3. The van der Waals surface area contributed by atoms with Gasteiger partial charge in [-0.25, -0.2) is 9.18 Å². The first-order valence-corrected chi connectivity index (χ1v) is 9.63. The van der Waals surface area contributed by atoms with E-state index in [1.165, 1.54) is 17.0 Å². The maximum atomic E-state index is 14.1. The number of nitrogens with zero attached hydrogens (tertiary/aromatic N) is 2. The van der Waals surface area contributed by atoms with Gasteiger partial charge in [0, 0.05) is 17.5 Å². The summed E-state index contributed by atoms with van der Waals surface area (Å²) in [7, 11) is 0. The molecule has 5 nitrogen and oxygen atoms in total. The van der Waals surface area contributed by atoms with Crippen LogP contribution in [0.2, 0.25) is 0 Å². The SMILES string of the molecule is O=C(O)N(c1ccc(F)cc1-c1cc2ccccc2o1)[C@H]1CN2CCC1CC2. The smallest absolute Gasteiger partial charge is 0.412 e. The minimum Gasteiger partial charge on any atom is -0.465 e. The molecular formula is C22H21FN2O3. The van der Waals surface area contributed by atoms with Crippen LogP contribution in [0.4, 0.5) is 14.9 Å². The number of furan rings is 1. The fraction of sp³-hybridized carbons (Fsp3) is 0.318. The van der Waals surface area contributed by atoms with Gasteiger partial charge in [-0.3, -0.25) is 4.90 Å². The van der Waals surface area contributed by atoms with Crippen LogP contribution in [0.25, 0.3) is 22.3 Å². The van der Waals surface area contributed by atoms with Crippen molar-refractivity contribution >= 4 is 22.7 Å². The van der Waals surface area contributed by atoms with E-state index < -0.39 is 11.9 Å². The van der Waals surface area contributed by atoms with Crippen molar-refractivity contribution < 1.29 is 18.7 Å². The van der Waals surface area contributed by atoms with Gasteiger partial charge in [0.2, 0.25) is 0 Å². The van der Waals surface area contributed by atoms with Crippen molar-refractivity contribution in [2.45, 2.75) is 18.9 Å². The van der Waals surface area contributed by atoms with Gasteiger partial charge in [-0.15, -0.1) is 0 Å². The Labute approximate surface area is 162 Å². The van der Waals surface area contributed by atoms with Crippen LogP contribution in [0.3, 0.4) is 0 Å². The van der Waals surface area contributed by atoms with E-state index in [0.717, 1.165) is 31.3 Å². The predicted molar refractivity (Wildman–Crippen MR) is 105 cm³/mol. The Morgan fingerprint density at radius 2 is 1.93 bits per heavy atom. The lowest BCUT2D eigenvalue weighted by atomic mass is 9.83. The standard InChI is InChI=1S/C22H21FN2O3/c23-16-5-6-18(17(12-16)21-11-15-3-1-2-4-20(15)28-21)25(22(26)27)19-13-24-9-7-14(19)8-10-24/h1-6,11-12,14,19H,7-10,13H2,(H,26,27)/t19-/m0/s1. The summed E-state index contributed by atoms with van der Waals surface area (Å²) in [5.74, 6) is 0.386. The van der Waals surface area contributed by atoms with E-state index in [1.807, 2.05) is 30.3 Å². The Balaban J connectivity index is 1.63. The molecule has 1 atom stereocenters. The maximum absolute atomic E-state index is 14.1. The quantitative estimate of drug-likeness (QED) is 0.708. The van der Waals surface area contributed by atoms with E-state index in [9.17, 15) is 14.3 Å². The molecule has 3 fully saturated rings. The summed E-state index contributed by atoms with van der Waals surface area (Å²) in [4.78, 5) is 16.0. The number of amides is 1. The average molecular weight is 380 g/mol. The van der Waals surface area contributed by atoms with Crippen LogP contribution in [-0.4, -0.2) is 41.8 Å². The zero-order chi connectivity index (χ0) is 19.3. The molecule has 1 N–H and O–H groups in total. The van der Waals surface area contributed by atoms with Gasteiger partial charge in [-0.05, 0) is 62.2 Å². The highest BCUT2D eigenvalue weighted by Crippen LogP contribution is 2.39. The number of anilines is 1. The lowest BCUT2D eigenvalue weighted by molar-refractivity contribution is 0.0837. The number of halogens is 1. The highest BCUT2D eigenvalue weighted by atomic mass is 19.1. The molecule has 144 valence electrons. The van der Waals surface area contributed by atoms with Crippen LogP contribution in [0, 0.1) is 11.7 Å². The van der Waals surface area contributed by atoms with Gasteiger partial charge >= 0.3 is 6.09 Å². The third kappa shape index (κ3) is 2.85. The topological polar surface area (TPSA) is 56.9 Å². The molecule has 28 heavy (non-hydrogen) atoms.